The maximum atomic E-state index is 11.1. The Kier molecular flexibility index (Phi) is 6.06. The number of thiophene rings is 1. The largest absolute Gasteiger partial charge is 1.00 e. The van der Waals surface area contributed by atoms with Crippen molar-refractivity contribution in [2.45, 2.75) is 11.0 Å². The van der Waals surface area contributed by atoms with E-state index in [4.69, 9.17) is 18.9 Å². The molecule has 24 heavy (non-hydrogen) atoms. The molecule has 1 atom stereocenters. The summed E-state index contributed by atoms with van der Waals surface area (Å²) in [6.45, 7) is 0.565. The molecular weight excluding hydrogens is 351 g/mol. The summed E-state index contributed by atoms with van der Waals surface area (Å²) in [6, 6.07) is 3.91. The summed E-state index contributed by atoms with van der Waals surface area (Å²) >= 11 is 1.49. The molecule has 0 amide bonds. The molecule has 0 spiro atoms. The number of methoxy groups -OCH3 is 1. The Morgan fingerprint density at radius 1 is 1.33 bits per heavy atom. The molecule has 0 saturated heterocycles. The predicted molar refractivity (Wildman–Crippen MR) is 80.7 cm³/mol. The Labute approximate surface area is 155 Å². The summed E-state index contributed by atoms with van der Waals surface area (Å²) in [5.74, 6) is 1.71. The van der Waals surface area contributed by atoms with E-state index in [0.29, 0.717) is 18.1 Å². The molecule has 2 aromatic rings. The first-order chi connectivity index (χ1) is 11.0. The SMILES string of the molecule is COc1cc(OCC2COc3cscc3O2)ccc1S(=O)(=O)[O-].[Li+]. The molecule has 0 radical (unpaired) electrons. The fourth-order valence-corrected chi connectivity index (χ4v) is 3.37. The van der Waals surface area contributed by atoms with Crippen molar-refractivity contribution in [3.8, 4) is 23.0 Å². The summed E-state index contributed by atoms with van der Waals surface area (Å²) in [6.07, 6.45) is -0.286. The van der Waals surface area contributed by atoms with E-state index in [2.05, 4.69) is 0 Å². The van der Waals surface area contributed by atoms with E-state index < -0.39 is 15.0 Å². The number of hydrogen-bond acceptors (Lipinski definition) is 8. The smallest absolute Gasteiger partial charge is 0.744 e. The van der Waals surface area contributed by atoms with Crippen molar-refractivity contribution in [2.75, 3.05) is 20.3 Å². The van der Waals surface area contributed by atoms with Crippen LogP contribution in [0.25, 0.3) is 0 Å². The molecule has 0 bridgehead atoms. The summed E-state index contributed by atoms with van der Waals surface area (Å²) in [7, 11) is -3.32. The molecule has 0 saturated carbocycles. The topological polar surface area (TPSA) is 94.1 Å². The van der Waals surface area contributed by atoms with Crippen LogP contribution in [0.3, 0.4) is 0 Å². The van der Waals surface area contributed by atoms with Crippen LogP contribution in [0.15, 0.2) is 33.9 Å². The van der Waals surface area contributed by atoms with Gasteiger partial charge in [0.25, 0.3) is 0 Å². The van der Waals surface area contributed by atoms with Gasteiger partial charge in [-0.15, -0.1) is 11.3 Å². The van der Waals surface area contributed by atoms with E-state index in [1.807, 2.05) is 10.8 Å². The normalized spacial score (nSPS) is 16.2. The number of benzene rings is 1. The number of ether oxygens (including phenoxy) is 4. The van der Waals surface area contributed by atoms with Gasteiger partial charge in [0.15, 0.2) is 17.6 Å². The second-order valence-corrected chi connectivity index (χ2v) is 6.82. The van der Waals surface area contributed by atoms with E-state index in [1.165, 1.54) is 30.6 Å². The first-order valence-corrected chi connectivity index (χ1v) is 8.95. The molecule has 10 heteroatoms. The van der Waals surface area contributed by atoms with Crippen molar-refractivity contribution in [3.63, 3.8) is 0 Å². The average Bonchev–Trinajstić information content (AvgIpc) is 2.99. The first kappa shape index (κ1) is 19.0. The minimum absolute atomic E-state index is 0. The molecular formula is C14H13LiO7S2. The zero-order valence-corrected chi connectivity index (χ0v) is 14.7. The molecule has 2 heterocycles. The Morgan fingerprint density at radius 3 is 2.79 bits per heavy atom. The summed E-state index contributed by atoms with van der Waals surface area (Å²) in [5, 5.41) is 3.71. The fourth-order valence-electron chi connectivity index (χ4n) is 2.08. The Hall–Kier alpha value is -1.37. The molecule has 1 aliphatic heterocycles. The van der Waals surface area contributed by atoms with Crippen LogP contribution in [0.1, 0.15) is 0 Å². The maximum absolute atomic E-state index is 11.1. The van der Waals surface area contributed by atoms with Gasteiger partial charge in [0.05, 0.1) is 12.0 Å². The summed E-state index contributed by atoms with van der Waals surface area (Å²) in [5.41, 5.74) is 0. The third kappa shape index (κ3) is 4.17. The van der Waals surface area contributed by atoms with Gasteiger partial charge < -0.3 is 23.5 Å². The van der Waals surface area contributed by atoms with Crippen LogP contribution in [0.2, 0.25) is 0 Å². The van der Waals surface area contributed by atoms with Crippen molar-refractivity contribution >= 4 is 21.5 Å². The van der Waals surface area contributed by atoms with Gasteiger partial charge in [-0.05, 0) is 12.1 Å². The molecule has 1 aromatic carbocycles. The van der Waals surface area contributed by atoms with Crippen LogP contribution in [-0.2, 0) is 10.1 Å². The first-order valence-electron chi connectivity index (χ1n) is 6.60. The average molecular weight is 364 g/mol. The molecule has 124 valence electrons. The minimum Gasteiger partial charge on any atom is -0.744 e. The van der Waals surface area contributed by atoms with E-state index in [-0.39, 0.29) is 37.3 Å². The van der Waals surface area contributed by atoms with Gasteiger partial charge in [-0.25, -0.2) is 8.42 Å². The molecule has 7 nitrogen and oxygen atoms in total. The minimum atomic E-state index is -4.60. The Bertz CT molecular complexity index is 803. The van der Waals surface area contributed by atoms with Gasteiger partial charge >= 0.3 is 18.9 Å². The maximum Gasteiger partial charge on any atom is 1.00 e. The van der Waals surface area contributed by atoms with Gasteiger partial charge in [0.2, 0.25) is 0 Å². The van der Waals surface area contributed by atoms with Crippen molar-refractivity contribution in [1.82, 2.24) is 0 Å². The quantitative estimate of drug-likeness (QED) is 0.490. The van der Waals surface area contributed by atoms with Gasteiger partial charge in [0.1, 0.15) is 34.8 Å². The number of hydrogen-bond donors (Lipinski definition) is 0. The van der Waals surface area contributed by atoms with Crippen molar-refractivity contribution in [2.24, 2.45) is 0 Å². The van der Waals surface area contributed by atoms with E-state index in [1.54, 1.807) is 0 Å². The van der Waals surface area contributed by atoms with Crippen LogP contribution in [0, 0.1) is 0 Å². The zero-order chi connectivity index (χ0) is 16.4. The molecule has 3 rings (SSSR count). The van der Waals surface area contributed by atoms with E-state index in [9.17, 15) is 13.0 Å². The van der Waals surface area contributed by atoms with Gasteiger partial charge in [-0.3, -0.25) is 0 Å². The van der Waals surface area contributed by atoms with Crippen molar-refractivity contribution in [3.05, 3.63) is 29.0 Å². The molecule has 0 fully saturated rings. The third-order valence-corrected chi connectivity index (χ3v) is 4.73. The Morgan fingerprint density at radius 2 is 2.08 bits per heavy atom. The summed E-state index contributed by atoms with van der Waals surface area (Å²) < 4.78 is 55.1. The van der Waals surface area contributed by atoms with Crippen LogP contribution < -0.4 is 37.8 Å². The fraction of sp³-hybridized carbons (Fsp3) is 0.286. The standard InChI is InChI=1S/C14H14O7S2.Li/c1-18-11-4-9(2-3-14(11)23(15,16)17)19-5-10-6-20-12-7-22-8-13(12)21-10;/h2-4,7-8,10H,5-6H2,1H3,(H,15,16,17);/q;+1/p-1. The summed E-state index contributed by atoms with van der Waals surface area (Å²) in [4.78, 5) is -0.424. The molecule has 1 unspecified atom stereocenters. The zero-order valence-electron chi connectivity index (χ0n) is 13.1. The number of fused-ring (bicyclic) bond motifs is 1. The molecule has 1 aliphatic rings. The molecule has 0 aliphatic carbocycles. The van der Waals surface area contributed by atoms with Gasteiger partial charge in [0, 0.05) is 16.8 Å². The van der Waals surface area contributed by atoms with Crippen LogP contribution >= 0.6 is 11.3 Å². The third-order valence-electron chi connectivity index (χ3n) is 3.15. The van der Waals surface area contributed by atoms with E-state index >= 15 is 0 Å². The van der Waals surface area contributed by atoms with Crippen LogP contribution in [-0.4, -0.2) is 39.4 Å². The Balaban J connectivity index is 0.00000208. The molecule has 0 N–H and O–H groups in total. The van der Waals surface area contributed by atoms with Crippen molar-refractivity contribution < 1.29 is 50.8 Å². The second kappa shape index (κ2) is 7.67. The van der Waals surface area contributed by atoms with Gasteiger partial charge in [-0.1, -0.05) is 0 Å². The molecule has 1 aromatic heterocycles. The van der Waals surface area contributed by atoms with E-state index in [0.717, 1.165) is 11.8 Å². The van der Waals surface area contributed by atoms with Crippen molar-refractivity contribution in [1.29, 1.82) is 0 Å². The monoisotopic (exact) mass is 364 g/mol. The van der Waals surface area contributed by atoms with Crippen LogP contribution in [0.5, 0.6) is 23.0 Å². The predicted octanol–water partition coefficient (Wildman–Crippen LogP) is -1.12. The second-order valence-electron chi connectivity index (χ2n) is 4.73. The van der Waals surface area contributed by atoms with Crippen LogP contribution in [0.4, 0.5) is 0 Å². The van der Waals surface area contributed by atoms with Gasteiger partial charge in [-0.2, -0.15) is 0 Å². The number of rotatable bonds is 5.